The molecule has 0 unspecified atom stereocenters. The Kier molecular flexibility index (Phi) is 11.1. The van der Waals surface area contributed by atoms with Crippen molar-refractivity contribution in [1.29, 1.82) is 0 Å². The monoisotopic (exact) mass is 836 g/mol. The van der Waals surface area contributed by atoms with Gasteiger partial charge in [0.15, 0.2) is 11.5 Å². The molecule has 0 fully saturated rings. The molecular weight excluding hydrogens is 799 g/mol. The Morgan fingerprint density at radius 3 is 1.36 bits per heavy atom. The number of carbonyl (C=O) groups is 2. The standard InChI is InChI=1S/C23H20FNO4S.C22H18FNO4S/c1-3-12-29-23-19-14-18(24)10-11-20(19)30(27,28)25(2)21(23)22(26)17-9-8-15-6-4-5-7-16(15)13-17;1-3-28-22-18-13-17(23)10-11-19(18)29(26,27)24(2)20(22)21(25)16-9-8-14-6-4-5-7-15(14)12-16/h4-11,13-14H,3,12H2,1-2H3;4-13H,3H2,1-2H3. The summed E-state index contributed by atoms with van der Waals surface area (Å²) in [4.78, 5) is 26.7. The zero-order valence-corrected chi connectivity index (χ0v) is 34.0. The van der Waals surface area contributed by atoms with Crippen molar-refractivity contribution in [2.45, 2.75) is 30.1 Å². The van der Waals surface area contributed by atoms with Crippen molar-refractivity contribution in [3.8, 4) is 0 Å². The molecule has 6 aromatic rings. The third-order valence-electron chi connectivity index (χ3n) is 9.90. The highest BCUT2D eigenvalue weighted by Crippen LogP contribution is 2.40. The Labute approximate surface area is 340 Å². The van der Waals surface area contributed by atoms with Gasteiger partial charge in [0.1, 0.15) is 23.0 Å². The van der Waals surface area contributed by atoms with Crippen molar-refractivity contribution >= 4 is 64.7 Å². The maximum Gasteiger partial charge on any atom is 0.265 e. The van der Waals surface area contributed by atoms with E-state index in [4.69, 9.17) is 9.47 Å². The smallest absolute Gasteiger partial charge is 0.265 e. The number of hydrogen-bond donors (Lipinski definition) is 0. The van der Waals surface area contributed by atoms with Crippen LogP contribution < -0.4 is 0 Å². The quantitative estimate of drug-likeness (QED) is 0.132. The number of rotatable bonds is 9. The predicted molar refractivity (Wildman–Crippen MR) is 221 cm³/mol. The van der Waals surface area contributed by atoms with Gasteiger partial charge in [-0.2, -0.15) is 0 Å². The van der Waals surface area contributed by atoms with E-state index in [1.54, 1.807) is 43.3 Å². The fourth-order valence-electron chi connectivity index (χ4n) is 6.95. The van der Waals surface area contributed by atoms with Gasteiger partial charge in [-0.15, -0.1) is 0 Å². The van der Waals surface area contributed by atoms with Gasteiger partial charge < -0.3 is 9.47 Å². The summed E-state index contributed by atoms with van der Waals surface area (Å²) in [5.74, 6) is -2.12. The van der Waals surface area contributed by atoms with E-state index >= 15 is 0 Å². The lowest BCUT2D eigenvalue weighted by molar-refractivity contribution is 0.0999. The number of ketones is 2. The van der Waals surface area contributed by atoms with Crippen LogP contribution >= 0.6 is 0 Å². The molecule has 0 saturated carbocycles. The number of allylic oxidation sites excluding steroid dienone is 2. The summed E-state index contributed by atoms with van der Waals surface area (Å²) in [5, 5.41) is 3.63. The van der Waals surface area contributed by atoms with E-state index in [9.17, 15) is 35.2 Å². The van der Waals surface area contributed by atoms with E-state index < -0.39 is 43.2 Å². The number of hydrogen-bond acceptors (Lipinski definition) is 8. The van der Waals surface area contributed by atoms with Gasteiger partial charge in [-0.3, -0.25) is 18.2 Å². The van der Waals surface area contributed by atoms with Crippen molar-refractivity contribution in [3.05, 3.63) is 167 Å². The van der Waals surface area contributed by atoms with Crippen LogP contribution in [0.15, 0.2) is 143 Å². The molecular formula is C45H38F2N2O8S2. The lowest BCUT2D eigenvalue weighted by Gasteiger charge is -2.30. The summed E-state index contributed by atoms with van der Waals surface area (Å²) in [7, 11) is -5.45. The van der Waals surface area contributed by atoms with Gasteiger partial charge >= 0.3 is 0 Å². The van der Waals surface area contributed by atoms with E-state index in [0.29, 0.717) is 17.5 Å². The van der Waals surface area contributed by atoms with Crippen LogP contribution in [0.25, 0.3) is 33.1 Å². The molecule has 2 heterocycles. The first kappa shape index (κ1) is 40.8. The van der Waals surface area contributed by atoms with E-state index in [-0.39, 0.29) is 57.0 Å². The minimum absolute atomic E-state index is 0.0501. The van der Waals surface area contributed by atoms with Gasteiger partial charge in [0.2, 0.25) is 11.6 Å². The minimum Gasteiger partial charge on any atom is -0.491 e. The van der Waals surface area contributed by atoms with Crippen LogP contribution in [0, 0.1) is 11.6 Å². The largest absolute Gasteiger partial charge is 0.491 e. The SMILES string of the molecule is CCCOC1=C(C(=O)c2ccc3ccccc3c2)N(C)S(=O)(=O)c2ccc(F)cc21.CCOC1=C(C(=O)c2ccc3ccccc3c2)N(C)S(=O)(=O)c2ccc(F)cc21. The number of fused-ring (bicyclic) bond motifs is 4. The number of halogens is 2. The molecule has 14 heteroatoms. The Balaban J connectivity index is 0.000000179. The first-order valence-corrected chi connectivity index (χ1v) is 21.5. The van der Waals surface area contributed by atoms with Gasteiger partial charge in [0.05, 0.1) is 23.0 Å². The highest BCUT2D eigenvalue weighted by molar-refractivity contribution is 7.89. The second-order valence-corrected chi connectivity index (χ2v) is 17.5. The number of Topliss-reactive ketones (excluding diaryl/α,β-unsaturated/α-hetero) is 2. The van der Waals surface area contributed by atoms with Gasteiger partial charge in [0.25, 0.3) is 20.0 Å². The molecule has 0 saturated heterocycles. The lowest BCUT2D eigenvalue weighted by atomic mass is 10.0. The summed E-state index contributed by atoms with van der Waals surface area (Å²) in [6.45, 7) is 4.05. The van der Waals surface area contributed by atoms with Crippen molar-refractivity contribution in [1.82, 2.24) is 8.61 Å². The molecule has 0 spiro atoms. The van der Waals surface area contributed by atoms with E-state index in [1.807, 2.05) is 55.5 Å². The Hall–Kier alpha value is -6.38. The molecule has 0 N–H and O–H groups in total. The van der Waals surface area contributed by atoms with Crippen molar-refractivity contribution in [2.24, 2.45) is 0 Å². The molecule has 6 aromatic carbocycles. The van der Waals surface area contributed by atoms with Crippen LogP contribution in [-0.4, -0.2) is 64.3 Å². The normalized spacial score (nSPS) is 15.3. The summed E-state index contributed by atoms with van der Waals surface area (Å²) in [5.41, 5.74) is 0.484. The number of sulfonamides is 2. The first-order valence-electron chi connectivity index (χ1n) is 18.6. The van der Waals surface area contributed by atoms with Crippen LogP contribution in [0.2, 0.25) is 0 Å². The van der Waals surface area contributed by atoms with Crippen molar-refractivity contribution in [3.63, 3.8) is 0 Å². The molecule has 0 aromatic heterocycles. The fraction of sp³-hybridized carbons (Fsp3) is 0.156. The number of carbonyl (C=O) groups excluding carboxylic acids is 2. The van der Waals surface area contributed by atoms with Gasteiger partial charge in [-0.05, 0) is 83.4 Å². The summed E-state index contributed by atoms with van der Waals surface area (Å²) < 4.78 is 93.3. The molecule has 10 nitrogen and oxygen atoms in total. The van der Waals surface area contributed by atoms with Gasteiger partial charge in [0, 0.05) is 36.3 Å². The molecule has 302 valence electrons. The van der Waals surface area contributed by atoms with E-state index in [2.05, 4.69) is 0 Å². The van der Waals surface area contributed by atoms with Gasteiger partial charge in [-0.1, -0.05) is 79.7 Å². The average Bonchev–Trinajstić information content (AvgIpc) is 3.23. The Morgan fingerprint density at radius 2 is 0.949 bits per heavy atom. The number of benzene rings is 6. The second kappa shape index (κ2) is 16.1. The molecule has 0 bridgehead atoms. The Bertz CT molecular complexity index is 2980. The summed E-state index contributed by atoms with van der Waals surface area (Å²) >= 11 is 0. The lowest BCUT2D eigenvalue weighted by Crippen LogP contribution is -2.35. The van der Waals surface area contributed by atoms with Crippen LogP contribution in [0.1, 0.15) is 52.1 Å². The molecule has 2 aliphatic heterocycles. The Morgan fingerprint density at radius 1 is 0.542 bits per heavy atom. The molecule has 0 amide bonds. The zero-order chi connectivity index (χ0) is 42.2. The maximum absolute atomic E-state index is 14.0. The van der Waals surface area contributed by atoms with Crippen LogP contribution in [-0.2, 0) is 29.5 Å². The zero-order valence-electron chi connectivity index (χ0n) is 32.4. The van der Waals surface area contributed by atoms with Crippen LogP contribution in [0.5, 0.6) is 0 Å². The number of nitrogens with zero attached hydrogens (tertiary/aromatic N) is 2. The van der Waals surface area contributed by atoms with E-state index in [0.717, 1.165) is 54.4 Å². The molecule has 8 rings (SSSR count). The predicted octanol–water partition coefficient (Wildman–Crippen LogP) is 8.79. The third-order valence-corrected chi connectivity index (χ3v) is 13.5. The van der Waals surface area contributed by atoms with Gasteiger partial charge in [-0.25, -0.2) is 25.6 Å². The van der Waals surface area contributed by atoms with E-state index in [1.165, 1.54) is 26.2 Å². The molecule has 0 radical (unpaired) electrons. The van der Waals surface area contributed by atoms with Crippen molar-refractivity contribution < 1.29 is 44.7 Å². The number of likely N-dealkylation sites (N-methyl/N-ethyl adjacent to an activating group) is 2. The average molecular weight is 837 g/mol. The van der Waals surface area contributed by atoms with Crippen LogP contribution in [0.3, 0.4) is 0 Å². The highest BCUT2D eigenvalue weighted by Gasteiger charge is 2.41. The summed E-state index contributed by atoms with van der Waals surface area (Å²) in [6.07, 6.45) is 0.641. The van der Waals surface area contributed by atoms with Crippen LogP contribution in [0.4, 0.5) is 8.78 Å². The third kappa shape index (κ3) is 7.45. The molecule has 0 atom stereocenters. The topological polar surface area (TPSA) is 127 Å². The summed E-state index contributed by atoms with van der Waals surface area (Å²) in [6, 6.07) is 32.1. The molecule has 0 aliphatic carbocycles. The molecule has 59 heavy (non-hydrogen) atoms. The highest BCUT2D eigenvalue weighted by atomic mass is 32.2. The molecule has 2 aliphatic rings. The minimum atomic E-state index is -4.03. The number of ether oxygens (including phenoxy) is 2. The van der Waals surface area contributed by atoms with Crippen molar-refractivity contribution in [2.75, 3.05) is 27.3 Å². The fourth-order valence-corrected chi connectivity index (χ4v) is 9.69. The second-order valence-electron chi connectivity index (χ2n) is 13.6. The first-order chi connectivity index (χ1) is 28.2. The maximum atomic E-state index is 14.0.